The fraction of sp³-hybridized carbons (Fsp3) is 0.360. The minimum absolute atomic E-state index is 0.111. The molecule has 0 saturated carbocycles. The maximum atomic E-state index is 13.5. The van der Waals surface area contributed by atoms with Crippen LogP contribution in [-0.2, 0) is 16.0 Å². The lowest BCUT2D eigenvalue weighted by atomic mass is 9.73. The summed E-state index contributed by atoms with van der Waals surface area (Å²) in [5, 5.41) is 17.4. The zero-order valence-corrected chi connectivity index (χ0v) is 19.6. The largest absolute Gasteiger partial charge is 0.497 e. The van der Waals surface area contributed by atoms with Crippen LogP contribution in [0.3, 0.4) is 0 Å². The van der Waals surface area contributed by atoms with Gasteiger partial charge in [-0.25, -0.2) is 9.80 Å². The minimum atomic E-state index is -1.34. The standard InChI is InChI=1S/C25H28N4O6/c1-28-23(31)25(14-17-7-4-3-5-8-17)16-29(12-11-21(25)27-28)22(30)20(26-24(32)33)15-35-19-10-6-9-18(13-19)34-2/h3-10,13,20,26H,11-12,14-16H2,1-2H3,(H,32,33)/t20-,25-/m1/s1. The van der Waals surface area contributed by atoms with E-state index in [9.17, 15) is 19.5 Å². The Bertz CT molecular complexity index is 1140. The third-order valence-corrected chi connectivity index (χ3v) is 6.32. The van der Waals surface area contributed by atoms with E-state index in [-0.39, 0.29) is 19.1 Å². The van der Waals surface area contributed by atoms with Crippen molar-refractivity contribution in [3.8, 4) is 11.5 Å². The lowest BCUT2D eigenvalue weighted by molar-refractivity contribution is -0.141. The number of benzene rings is 2. The Morgan fingerprint density at radius 2 is 1.91 bits per heavy atom. The molecule has 0 bridgehead atoms. The van der Waals surface area contributed by atoms with E-state index in [1.807, 2.05) is 30.3 Å². The van der Waals surface area contributed by atoms with Crippen LogP contribution in [-0.4, -0.2) is 78.5 Å². The highest BCUT2D eigenvalue weighted by atomic mass is 16.5. The number of rotatable bonds is 8. The maximum absolute atomic E-state index is 13.5. The van der Waals surface area contributed by atoms with Crippen molar-refractivity contribution in [2.45, 2.75) is 18.9 Å². The molecule has 1 saturated heterocycles. The van der Waals surface area contributed by atoms with Crippen molar-refractivity contribution >= 4 is 23.6 Å². The number of carbonyl (C=O) groups is 3. The molecule has 2 aromatic carbocycles. The van der Waals surface area contributed by atoms with E-state index in [2.05, 4.69) is 10.4 Å². The molecule has 0 unspecified atom stereocenters. The maximum Gasteiger partial charge on any atom is 0.405 e. The van der Waals surface area contributed by atoms with Gasteiger partial charge in [-0.15, -0.1) is 0 Å². The third kappa shape index (κ3) is 5.06. The molecule has 0 aromatic heterocycles. The number of methoxy groups -OCH3 is 1. The van der Waals surface area contributed by atoms with E-state index in [0.717, 1.165) is 11.3 Å². The molecule has 184 valence electrons. The highest BCUT2D eigenvalue weighted by Gasteiger charge is 2.53. The first-order valence-corrected chi connectivity index (χ1v) is 11.3. The number of carboxylic acid groups (broad SMARTS) is 1. The van der Waals surface area contributed by atoms with Gasteiger partial charge in [-0.1, -0.05) is 36.4 Å². The Labute approximate surface area is 203 Å². The van der Waals surface area contributed by atoms with Gasteiger partial charge in [0.15, 0.2) is 0 Å². The Morgan fingerprint density at radius 1 is 1.17 bits per heavy atom. The number of ether oxygens (including phenoxy) is 2. The van der Waals surface area contributed by atoms with E-state index >= 15 is 0 Å². The zero-order chi connectivity index (χ0) is 25.0. The number of hydrazone groups is 1. The highest BCUT2D eigenvalue weighted by molar-refractivity contribution is 6.13. The second kappa shape index (κ2) is 10.0. The van der Waals surface area contributed by atoms with E-state index in [1.165, 1.54) is 17.0 Å². The molecule has 10 nitrogen and oxygen atoms in total. The quantitative estimate of drug-likeness (QED) is 0.596. The molecule has 2 aromatic rings. The molecule has 2 atom stereocenters. The molecule has 2 N–H and O–H groups in total. The van der Waals surface area contributed by atoms with Gasteiger partial charge in [0.25, 0.3) is 5.91 Å². The van der Waals surface area contributed by atoms with Crippen LogP contribution in [0.2, 0.25) is 0 Å². The first-order valence-electron chi connectivity index (χ1n) is 11.3. The molecule has 1 fully saturated rings. The molecule has 0 radical (unpaired) electrons. The summed E-state index contributed by atoms with van der Waals surface area (Å²) < 4.78 is 10.9. The lowest BCUT2D eigenvalue weighted by Gasteiger charge is -2.40. The predicted molar refractivity (Wildman–Crippen MR) is 127 cm³/mol. The van der Waals surface area contributed by atoms with Crippen LogP contribution in [0, 0.1) is 5.41 Å². The number of nitrogens with one attached hydrogen (secondary N) is 1. The molecule has 2 aliphatic heterocycles. The summed E-state index contributed by atoms with van der Waals surface area (Å²) in [6, 6.07) is 15.3. The van der Waals surface area contributed by atoms with Crippen molar-refractivity contribution in [2.75, 3.05) is 33.9 Å². The van der Waals surface area contributed by atoms with Crippen molar-refractivity contribution in [1.29, 1.82) is 0 Å². The average molecular weight is 481 g/mol. The van der Waals surface area contributed by atoms with Gasteiger partial charge in [0.05, 0.1) is 12.8 Å². The van der Waals surface area contributed by atoms with Gasteiger partial charge >= 0.3 is 6.09 Å². The van der Waals surface area contributed by atoms with Crippen molar-refractivity contribution in [3.05, 3.63) is 60.2 Å². The predicted octanol–water partition coefficient (Wildman–Crippen LogP) is 2.00. The smallest absolute Gasteiger partial charge is 0.405 e. The van der Waals surface area contributed by atoms with Crippen LogP contribution in [0.1, 0.15) is 12.0 Å². The van der Waals surface area contributed by atoms with E-state index in [1.54, 1.807) is 31.3 Å². The fourth-order valence-corrected chi connectivity index (χ4v) is 4.63. The number of likely N-dealkylation sites (tertiary alicyclic amines) is 1. The average Bonchev–Trinajstić information content (AvgIpc) is 3.10. The second-order valence-corrected chi connectivity index (χ2v) is 8.62. The van der Waals surface area contributed by atoms with Gasteiger partial charge in [-0.05, 0) is 24.1 Å². The Hall–Kier alpha value is -4.08. The first-order chi connectivity index (χ1) is 16.8. The number of nitrogens with zero attached hydrogens (tertiary/aromatic N) is 3. The number of hydrogen-bond donors (Lipinski definition) is 2. The van der Waals surface area contributed by atoms with Gasteiger partial charge in [0.2, 0.25) is 5.91 Å². The molecule has 0 spiro atoms. The summed E-state index contributed by atoms with van der Waals surface area (Å²) >= 11 is 0. The summed E-state index contributed by atoms with van der Waals surface area (Å²) in [5.41, 5.74) is 0.721. The minimum Gasteiger partial charge on any atom is -0.497 e. The molecule has 4 rings (SSSR count). The molecule has 3 amide bonds. The van der Waals surface area contributed by atoms with Crippen LogP contribution in [0.5, 0.6) is 11.5 Å². The number of hydrogen-bond acceptors (Lipinski definition) is 6. The van der Waals surface area contributed by atoms with E-state index in [4.69, 9.17) is 9.47 Å². The van der Waals surface area contributed by atoms with Gasteiger partial charge < -0.3 is 24.8 Å². The Morgan fingerprint density at radius 3 is 2.63 bits per heavy atom. The van der Waals surface area contributed by atoms with Crippen molar-refractivity contribution in [1.82, 2.24) is 15.2 Å². The molecule has 35 heavy (non-hydrogen) atoms. The number of amides is 3. The summed E-state index contributed by atoms with van der Waals surface area (Å²) in [6.07, 6.45) is -0.519. The van der Waals surface area contributed by atoms with Crippen LogP contribution in [0.25, 0.3) is 0 Å². The summed E-state index contributed by atoms with van der Waals surface area (Å²) in [5.74, 6) is 0.384. The summed E-state index contributed by atoms with van der Waals surface area (Å²) in [7, 11) is 3.14. The highest BCUT2D eigenvalue weighted by Crippen LogP contribution is 2.38. The van der Waals surface area contributed by atoms with Crippen LogP contribution < -0.4 is 14.8 Å². The normalized spacial score (nSPS) is 20.1. The van der Waals surface area contributed by atoms with Crippen molar-refractivity contribution < 1.29 is 29.0 Å². The number of fused-ring (bicyclic) bond motifs is 1. The van der Waals surface area contributed by atoms with Crippen LogP contribution in [0.15, 0.2) is 59.7 Å². The first kappa shape index (κ1) is 24.1. The topological polar surface area (TPSA) is 121 Å². The zero-order valence-electron chi connectivity index (χ0n) is 19.6. The van der Waals surface area contributed by atoms with Gasteiger partial charge in [0, 0.05) is 32.6 Å². The second-order valence-electron chi connectivity index (χ2n) is 8.62. The van der Waals surface area contributed by atoms with Crippen molar-refractivity contribution in [3.63, 3.8) is 0 Å². The Balaban J connectivity index is 1.54. The molecule has 10 heteroatoms. The monoisotopic (exact) mass is 480 g/mol. The number of carbonyl (C=O) groups excluding carboxylic acids is 2. The van der Waals surface area contributed by atoms with Crippen LogP contribution in [0.4, 0.5) is 4.79 Å². The lowest BCUT2D eigenvalue weighted by Crippen LogP contribution is -2.59. The Kier molecular flexibility index (Phi) is 6.90. The van der Waals surface area contributed by atoms with Gasteiger partial charge in [0.1, 0.15) is 29.6 Å². The van der Waals surface area contributed by atoms with Crippen LogP contribution >= 0.6 is 0 Å². The third-order valence-electron chi connectivity index (χ3n) is 6.32. The molecular weight excluding hydrogens is 452 g/mol. The SMILES string of the molecule is COc1cccc(OC[C@@H](NC(=O)O)C(=O)N2CCC3=NN(C)C(=O)[C@]3(Cc3ccccc3)C2)c1. The summed E-state index contributed by atoms with van der Waals surface area (Å²) in [4.78, 5) is 39.7. The van der Waals surface area contributed by atoms with E-state index < -0.39 is 23.5 Å². The van der Waals surface area contributed by atoms with E-state index in [0.29, 0.717) is 30.9 Å². The molecule has 2 heterocycles. The van der Waals surface area contributed by atoms with Gasteiger partial charge in [-0.2, -0.15) is 5.10 Å². The molecular formula is C25H28N4O6. The van der Waals surface area contributed by atoms with Crippen molar-refractivity contribution in [2.24, 2.45) is 10.5 Å². The summed E-state index contributed by atoms with van der Waals surface area (Å²) in [6.45, 7) is 0.223. The van der Waals surface area contributed by atoms with Gasteiger partial charge in [-0.3, -0.25) is 9.59 Å². The molecule has 0 aliphatic carbocycles. The number of piperidine rings is 1. The fourth-order valence-electron chi connectivity index (χ4n) is 4.63. The molecule has 2 aliphatic rings.